The number of hydrogen-bond acceptors (Lipinski definition) is 6. The molecule has 0 fully saturated rings. The van der Waals surface area contributed by atoms with Gasteiger partial charge in [0, 0.05) is 17.2 Å². The van der Waals surface area contributed by atoms with E-state index < -0.39 is 16.9 Å². The minimum Gasteiger partial charge on any atom is -0.482 e. The molecule has 9 nitrogen and oxygen atoms in total. The lowest BCUT2D eigenvalue weighted by atomic mass is 10.0. The van der Waals surface area contributed by atoms with Crippen LogP contribution in [0.4, 0.5) is 5.69 Å². The second-order valence-electron chi connectivity index (χ2n) is 8.55. The van der Waals surface area contributed by atoms with Crippen molar-refractivity contribution in [3.63, 3.8) is 0 Å². The molecule has 36 heavy (non-hydrogen) atoms. The van der Waals surface area contributed by atoms with E-state index in [2.05, 4.69) is 15.8 Å². The van der Waals surface area contributed by atoms with Crippen LogP contribution < -0.4 is 15.5 Å². The number of carbonyl (C=O) groups excluding carboxylic acids is 2. The molecule has 3 aromatic rings. The molecule has 1 unspecified atom stereocenters. The lowest BCUT2D eigenvalue weighted by Crippen LogP contribution is -2.48. The molecule has 0 aromatic heterocycles. The van der Waals surface area contributed by atoms with E-state index >= 15 is 0 Å². The number of nitrogens with one attached hydrogen (secondary N) is 2. The molecule has 0 aliphatic carbocycles. The Labute approximate surface area is 209 Å². The summed E-state index contributed by atoms with van der Waals surface area (Å²) in [6.07, 6.45) is 1.30. The zero-order valence-electron chi connectivity index (χ0n) is 20.3. The highest BCUT2D eigenvalue weighted by Gasteiger charge is 2.24. The Hall–Kier alpha value is -4.53. The number of aryl methyl sites for hydroxylation is 1. The van der Waals surface area contributed by atoms with Crippen molar-refractivity contribution in [1.82, 2.24) is 10.7 Å². The van der Waals surface area contributed by atoms with Crippen molar-refractivity contribution in [3.8, 4) is 5.75 Å². The SMILES string of the molecule is Cc1ccc(C(=O)NC(C(=O)NN=Cc2ccc(OCc3ccccc3)c([N+](=O)[O-])c2)C(C)C)cc1. The molecule has 0 spiro atoms. The van der Waals surface area contributed by atoms with Gasteiger partial charge in [0.2, 0.25) is 0 Å². The second-order valence-corrected chi connectivity index (χ2v) is 8.55. The van der Waals surface area contributed by atoms with E-state index in [0.29, 0.717) is 11.1 Å². The van der Waals surface area contributed by atoms with E-state index in [0.717, 1.165) is 11.1 Å². The van der Waals surface area contributed by atoms with Crippen LogP contribution in [0.15, 0.2) is 77.9 Å². The summed E-state index contributed by atoms with van der Waals surface area (Å²) in [6, 6.07) is 19.9. The number of nitro groups is 1. The van der Waals surface area contributed by atoms with E-state index in [1.807, 2.05) is 49.4 Å². The Morgan fingerprint density at radius 2 is 1.75 bits per heavy atom. The molecule has 3 rings (SSSR count). The zero-order valence-corrected chi connectivity index (χ0v) is 20.3. The minimum atomic E-state index is -0.820. The van der Waals surface area contributed by atoms with Crippen LogP contribution in [-0.2, 0) is 11.4 Å². The van der Waals surface area contributed by atoms with Crippen LogP contribution in [0.1, 0.15) is 40.9 Å². The van der Waals surface area contributed by atoms with Gasteiger partial charge in [-0.25, -0.2) is 5.43 Å². The molecule has 0 aliphatic rings. The first-order chi connectivity index (χ1) is 17.2. The Morgan fingerprint density at radius 1 is 1.06 bits per heavy atom. The van der Waals surface area contributed by atoms with Crippen LogP contribution >= 0.6 is 0 Å². The van der Waals surface area contributed by atoms with E-state index in [-0.39, 0.29) is 29.9 Å². The molecule has 0 saturated heterocycles. The summed E-state index contributed by atoms with van der Waals surface area (Å²) in [5, 5.41) is 18.2. The van der Waals surface area contributed by atoms with Gasteiger partial charge in [-0.1, -0.05) is 61.9 Å². The third-order valence-electron chi connectivity index (χ3n) is 5.35. The first kappa shape index (κ1) is 26.1. The number of hydrazone groups is 1. The fourth-order valence-electron chi connectivity index (χ4n) is 3.32. The lowest BCUT2D eigenvalue weighted by molar-refractivity contribution is -0.385. The zero-order chi connectivity index (χ0) is 26.1. The van der Waals surface area contributed by atoms with Crippen LogP contribution in [-0.4, -0.2) is 29.0 Å². The normalized spacial score (nSPS) is 11.8. The van der Waals surface area contributed by atoms with Gasteiger partial charge in [0.1, 0.15) is 12.6 Å². The highest BCUT2D eigenvalue weighted by atomic mass is 16.6. The Kier molecular flexibility index (Phi) is 8.88. The summed E-state index contributed by atoms with van der Waals surface area (Å²) in [4.78, 5) is 36.2. The number of nitrogens with zero attached hydrogens (tertiary/aromatic N) is 2. The number of benzene rings is 3. The first-order valence-electron chi connectivity index (χ1n) is 11.4. The van der Waals surface area contributed by atoms with E-state index in [1.165, 1.54) is 18.3 Å². The number of hydrogen-bond donors (Lipinski definition) is 2. The average Bonchev–Trinajstić information content (AvgIpc) is 2.87. The molecule has 0 heterocycles. The first-order valence-corrected chi connectivity index (χ1v) is 11.4. The van der Waals surface area contributed by atoms with Crippen LogP contribution in [0.2, 0.25) is 0 Å². The van der Waals surface area contributed by atoms with Crippen molar-refractivity contribution in [2.45, 2.75) is 33.4 Å². The number of amides is 2. The molecule has 2 N–H and O–H groups in total. The fourth-order valence-corrected chi connectivity index (χ4v) is 3.32. The lowest BCUT2D eigenvalue weighted by Gasteiger charge is -2.20. The van der Waals surface area contributed by atoms with E-state index in [1.54, 1.807) is 32.0 Å². The maximum absolute atomic E-state index is 12.7. The van der Waals surface area contributed by atoms with Gasteiger partial charge >= 0.3 is 5.69 Å². The number of carbonyl (C=O) groups is 2. The highest BCUT2D eigenvalue weighted by Crippen LogP contribution is 2.28. The maximum Gasteiger partial charge on any atom is 0.311 e. The third-order valence-corrected chi connectivity index (χ3v) is 5.35. The fraction of sp³-hybridized carbons (Fsp3) is 0.222. The van der Waals surface area contributed by atoms with Crippen molar-refractivity contribution >= 4 is 23.7 Å². The summed E-state index contributed by atoms with van der Waals surface area (Å²) >= 11 is 0. The Bertz CT molecular complexity index is 1240. The Morgan fingerprint density at radius 3 is 2.39 bits per heavy atom. The topological polar surface area (TPSA) is 123 Å². The van der Waals surface area contributed by atoms with Gasteiger partial charge in [-0.15, -0.1) is 0 Å². The van der Waals surface area contributed by atoms with Gasteiger partial charge in [0.05, 0.1) is 11.1 Å². The molecule has 0 aliphatic heterocycles. The molecular weight excluding hydrogens is 460 g/mol. The van der Waals surface area contributed by atoms with E-state index in [9.17, 15) is 19.7 Å². The number of nitro benzene ring substituents is 1. The number of rotatable bonds is 10. The molecule has 0 bridgehead atoms. The molecule has 186 valence electrons. The Balaban J connectivity index is 1.64. The van der Waals surface area contributed by atoms with Crippen LogP contribution in [0, 0.1) is 23.0 Å². The van der Waals surface area contributed by atoms with E-state index in [4.69, 9.17) is 4.74 Å². The standard InChI is InChI=1S/C27H28N4O5/c1-18(2)25(29-26(32)22-12-9-19(3)10-13-22)27(33)30-28-16-21-11-14-24(23(15-21)31(34)35)36-17-20-7-5-4-6-8-20/h4-16,18,25H,17H2,1-3H3,(H,29,32)(H,30,33). The largest absolute Gasteiger partial charge is 0.482 e. The van der Waals surface area contributed by atoms with Crippen molar-refractivity contribution in [3.05, 3.63) is 105 Å². The van der Waals surface area contributed by atoms with Gasteiger partial charge < -0.3 is 10.1 Å². The third kappa shape index (κ3) is 7.23. The molecule has 2 amide bonds. The van der Waals surface area contributed by atoms with Gasteiger partial charge in [0.25, 0.3) is 11.8 Å². The summed E-state index contributed by atoms with van der Waals surface area (Å²) < 4.78 is 5.62. The number of ether oxygens (including phenoxy) is 1. The van der Waals surface area contributed by atoms with Crippen molar-refractivity contribution < 1.29 is 19.2 Å². The van der Waals surface area contributed by atoms with Crippen molar-refractivity contribution in [2.24, 2.45) is 11.0 Å². The van der Waals surface area contributed by atoms with Crippen LogP contribution in [0.25, 0.3) is 0 Å². The average molecular weight is 489 g/mol. The van der Waals surface area contributed by atoms with Crippen molar-refractivity contribution in [2.75, 3.05) is 0 Å². The molecule has 1 atom stereocenters. The molecule has 9 heteroatoms. The van der Waals surface area contributed by atoms with Crippen LogP contribution in [0.3, 0.4) is 0 Å². The monoisotopic (exact) mass is 488 g/mol. The summed E-state index contributed by atoms with van der Waals surface area (Å²) in [6.45, 7) is 5.72. The van der Waals surface area contributed by atoms with Gasteiger partial charge in [-0.2, -0.15) is 5.10 Å². The smallest absolute Gasteiger partial charge is 0.311 e. The van der Waals surface area contributed by atoms with Gasteiger partial charge in [-0.05, 0) is 42.7 Å². The molecule has 0 radical (unpaired) electrons. The minimum absolute atomic E-state index is 0.128. The maximum atomic E-state index is 12.7. The summed E-state index contributed by atoms with van der Waals surface area (Å²) in [5.41, 5.74) is 4.94. The second kappa shape index (κ2) is 12.3. The molecule has 0 saturated carbocycles. The molecular formula is C27H28N4O5. The van der Waals surface area contributed by atoms with Gasteiger partial charge in [-0.3, -0.25) is 19.7 Å². The van der Waals surface area contributed by atoms with Gasteiger partial charge in [0.15, 0.2) is 5.75 Å². The summed E-state index contributed by atoms with van der Waals surface area (Å²) in [7, 11) is 0. The quantitative estimate of drug-likeness (QED) is 0.249. The summed E-state index contributed by atoms with van der Waals surface area (Å²) in [5.74, 6) is -0.936. The van der Waals surface area contributed by atoms with Crippen molar-refractivity contribution in [1.29, 1.82) is 0 Å². The molecule has 3 aromatic carbocycles. The predicted octanol–water partition coefficient (Wildman–Crippen LogP) is 4.39. The highest BCUT2D eigenvalue weighted by molar-refractivity contribution is 5.97. The predicted molar refractivity (Wildman–Crippen MR) is 137 cm³/mol. The van der Waals surface area contributed by atoms with Crippen LogP contribution in [0.5, 0.6) is 5.75 Å².